The minimum Gasteiger partial charge on any atom is -0.351 e. The zero-order chi connectivity index (χ0) is 23.2. The summed E-state index contributed by atoms with van der Waals surface area (Å²) in [5.41, 5.74) is 1.64. The molecule has 1 aliphatic carbocycles. The highest BCUT2D eigenvalue weighted by Crippen LogP contribution is 2.31. The zero-order valence-corrected chi connectivity index (χ0v) is 19.4. The number of hydrogen-bond acceptors (Lipinski definition) is 3. The summed E-state index contributed by atoms with van der Waals surface area (Å²) in [7, 11) is 0. The second-order valence-corrected chi connectivity index (χ2v) is 9.18. The van der Waals surface area contributed by atoms with Crippen molar-refractivity contribution in [1.29, 1.82) is 0 Å². The fraction of sp³-hybridized carbons (Fsp3) is 0.440. The Labute approximate surface area is 199 Å². The Kier molecular flexibility index (Phi) is 7.88. The van der Waals surface area contributed by atoms with Gasteiger partial charge in [0.1, 0.15) is 11.6 Å². The maximum Gasteiger partial charge on any atom is 0.237 e. The van der Waals surface area contributed by atoms with Crippen LogP contribution in [-0.4, -0.2) is 53.0 Å². The highest BCUT2D eigenvalue weighted by atomic mass is 32.1. The van der Waals surface area contributed by atoms with Crippen LogP contribution in [0.4, 0.5) is 14.5 Å². The SMILES string of the molecule is O=C(NCc1ccc(F)cc1)C(C1CCCC1)N1CCN(C(=S)Nc2ccc(F)cc2)CC1. The van der Waals surface area contributed by atoms with Crippen molar-refractivity contribution < 1.29 is 13.6 Å². The van der Waals surface area contributed by atoms with Crippen molar-refractivity contribution in [2.75, 3.05) is 31.5 Å². The van der Waals surface area contributed by atoms with Gasteiger partial charge in [0.2, 0.25) is 5.91 Å². The fourth-order valence-corrected chi connectivity index (χ4v) is 5.09. The fourth-order valence-electron chi connectivity index (χ4n) is 4.79. The van der Waals surface area contributed by atoms with Gasteiger partial charge in [-0.2, -0.15) is 0 Å². The molecule has 2 fully saturated rings. The van der Waals surface area contributed by atoms with Crippen molar-refractivity contribution in [3.63, 3.8) is 0 Å². The van der Waals surface area contributed by atoms with E-state index in [9.17, 15) is 13.6 Å². The van der Waals surface area contributed by atoms with Crippen molar-refractivity contribution in [2.45, 2.75) is 38.3 Å². The molecule has 5 nitrogen and oxygen atoms in total. The van der Waals surface area contributed by atoms with Gasteiger partial charge >= 0.3 is 0 Å². The van der Waals surface area contributed by atoms with Crippen LogP contribution >= 0.6 is 12.2 Å². The lowest BCUT2D eigenvalue weighted by Gasteiger charge is -2.41. The molecule has 1 atom stereocenters. The molecule has 0 radical (unpaired) electrons. The van der Waals surface area contributed by atoms with Crippen LogP contribution in [0.1, 0.15) is 31.2 Å². The molecule has 33 heavy (non-hydrogen) atoms. The molecule has 1 saturated carbocycles. The number of carbonyl (C=O) groups excluding carboxylic acids is 1. The third-order valence-corrected chi connectivity index (χ3v) is 6.95. The van der Waals surface area contributed by atoms with Crippen LogP contribution in [-0.2, 0) is 11.3 Å². The van der Waals surface area contributed by atoms with Gasteiger partial charge in [-0.15, -0.1) is 0 Å². The average molecular weight is 473 g/mol. The summed E-state index contributed by atoms with van der Waals surface area (Å²) in [4.78, 5) is 17.6. The monoisotopic (exact) mass is 472 g/mol. The molecular formula is C25H30F2N4OS. The Morgan fingerprint density at radius 2 is 1.52 bits per heavy atom. The highest BCUT2D eigenvalue weighted by molar-refractivity contribution is 7.80. The van der Waals surface area contributed by atoms with Crippen LogP contribution < -0.4 is 10.6 Å². The largest absolute Gasteiger partial charge is 0.351 e. The summed E-state index contributed by atoms with van der Waals surface area (Å²) in [6, 6.07) is 12.2. The molecule has 4 rings (SSSR count). The minimum absolute atomic E-state index is 0.0479. The van der Waals surface area contributed by atoms with Gasteiger partial charge in [-0.25, -0.2) is 8.78 Å². The van der Waals surface area contributed by atoms with Gasteiger partial charge in [-0.1, -0.05) is 25.0 Å². The van der Waals surface area contributed by atoms with Crippen LogP contribution in [0.15, 0.2) is 48.5 Å². The van der Waals surface area contributed by atoms with Gasteiger partial charge in [-0.3, -0.25) is 9.69 Å². The van der Waals surface area contributed by atoms with Crippen LogP contribution in [0.25, 0.3) is 0 Å². The first-order valence-electron chi connectivity index (χ1n) is 11.6. The molecule has 1 heterocycles. The van der Waals surface area contributed by atoms with Crippen molar-refractivity contribution >= 4 is 28.9 Å². The molecule has 1 aliphatic heterocycles. The third-order valence-electron chi connectivity index (χ3n) is 6.59. The van der Waals surface area contributed by atoms with Crippen molar-refractivity contribution in [2.24, 2.45) is 5.92 Å². The molecule has 2 aromatic carbocycles. The number of thiocarbonyl (C=S) groups is 1. The number of halogens is 2. The number of nitrogens with zero attached hydrogens (tertiary/aromatic N) is 2. The van der Waals surface area contributed by atoms with E-state index in [0.29, 0.717) is 17.6 Å². The number of hydrogen-bond donors (Lipinski definition) is 2. The van der Waals surface area contributed by atoms with Crippen LogP contribution in [0.2, 0.25) is 0 Å². The molecular weight excluding hydrogens is 442 g/mol. The quantitative estimate of drug-likeness (QED) is 0.619. The van der Waals surface area contributed by atoms with E-state index in [1.54, 1.807) is 24.3 Å². The van der Waals surface area contributed by atoms with Crippen molar-refractivity contribution in [3.05, 3.63) is 65.7 Å². The predicted octanol–water partition coefficient (Wildman–Crippen LogP) is 4.15. The zero-order valence-electron chi connectivity index (χ0n) is 18.6. The van der Waals surface area contributed by atoms with Crippen molar-refractivity contribution in [3.8, 4) is 0 Å². The molecule has 2 N–H and O–H groups in total. The first-order chi connectivity index (χ1) is 16.0. The number of nitrogens with one attached hydrogen (secondary N) is 2. The molecule has 0 bridgehead atoms. The summed E-state index contributed by atoms with van der Waals surface area (Å²) >= 11 is 5.55. The number of carbonyl (C=O) groups is 1. The summed E-state index contributed by atoms with van der Waals surface area (Å²) in [6.07, 6.45) is 4.47. The smallest absolute Gasteiger partial charge is 0.237 e. The van der Waals surface area contributed by atoms with Gasteiger partial charge in [0.15, 0.2) is 5.11 Å². The molecule has 0 spiro atoms. The molecule has 1 unspecified atom stereocenters. The first-order valence-corrected chi connectivity index (χ1v) is 12.0. The Morgan fingerprint density at radius 3 is 2.12 bits per heavy atom. The van der Waals surface area contributed by atoms with Gasteiger partial charge in [-0.05, 0) is 72.9 Å². The lowest BCUT2D eigenvalue weighted by Crippen LogP contribution is -2.58. The Balaban J connectivity index is 1.34. The summed E-state index contributed by atoms with van der Waals surface area (Å²) in [5, 5.41) is 6.86. The number of benzene rings is 2. The molecule has 176 valence electrons. The normalized spacial score (nSPS) is 18.2. The second kappa shape index (κ2) is 11.0. The van der Waals surface area contributed by atoms with Crippen molar-refractivity contribution in [1.82, 2.24) is 15.1 Å². The minimum atomic E-state index is -0.282. The maximum absolute atomic E-state index is 13.2. The van der Waals surface area contributed by atoms with Gasteiger partial charge < -0.3 is 15.5 Å². The number of anilines is 1. The summed E-state index contributed by atoms with van der Waals surface area (Å²) in [6.45, 7) is 3.34. The van der Waals surface area contributed by atoms with Gasteiger partial charge in [0.05, 0.1) is 6.04 Å². The van der Waals surface area contributed by atoms with E-state index in [1.165, 1.54) is 24.3 Å². The topological polar surface area (TPSA) is 47.6 Å². The van der Waals surface area contributed by atoms with Gasteiger partial charge in [0.25, 0.3) is 0 Å². The third kappa shape index (κ3) is 6.26. The maximum atomic E-state index is 13.2. The molecule has 1 saturated heterocycles. The number of amides is 1. The van der Waals surface area contributed by atoms with Crippen LogP contribution in [0.5, 0.6) is 0 Å². The molecule has 2 aromatic rings. The Bertz CT molecular complexity index is 940. The Hall–Kier alpha value is -2.58. The van der Waals surface area contributed by atoms with E-state index in [-0.39, 0.29) is 23.6 Å². The Morgan fingerprint density at radius 1 is 0.939 bits per heavy atom. The van der Waals surface area contributed by atoms with E-state index in [0.717, 1.165) is 63.1 Å². The van der Waals surface area contributed by atoms with E-state index in [1.807, 2.05) is 0 Å². The summed E-state index contributed by atoms with van der Waals surface area (Å²) < 4.78 is 26.3. The standard InChI is InChI=1S/C25H30F2N4OS/c26-20-7-5-18(6-8-20)17-28-24(32)23(19-3-1-2-4-19)30-13-15-31(16-14-30)25(33)29-22-11-9-21(27)10-12-22/h5-12,19,23H,1-4,13-17H2,(H,28,32)(H,29,33). The van der Waals surface area contributed by atoms with E-state index in [4.69, 9.17) is 12.2 Å². The molecule has 2 aliphatic rings. The lowest BCUT2D eigenvalue weighted by molar-refractivity contribution is -0.129. The van der Waals surface area contributed by atoms with Gasteiger partial charge in [0, 0.05) is 38.4 Å². The van der Waals surface area contributed by atoms with E-state index < -0.39 is 0 Å². The van der Waals surface area contributed by atoms with Crippen LogP contribution in [0, 0.1) is 17.6 Å². The molecule has 1 amide bonds. The van der Waals surface area contributed by atoms with Crippen LogP contribution in [0.3, 0.4) is 0 Å². The number of piperazine rings is 1. The molecule has 8 heteroatoms. The van der Waals surface area contributed by atoms with E-state index in [2.05, 4.69) is 20.4 Å². The summed E-state index contributed by atoms with van der Waals surface area (Å²) in [5.74, 6) is -0.157. The average Bonchev–Trinajstić information content (AvgIpc) is 3.35. The predicted molar refractivity (Wildman–Crippen MR) is 130 cm³/mol. The molecule has 0 aromatic heterocycles. The highest BCUT2D eigenvalue weighted by Gasteiger charge is 2.36. The van der Waals surface area contributed by atoms with E-state index >= 15 is 0 Å². The number of rotatable bonds is 6. The lowest BCUT2D eigenvalue weighted by atomic mass is 9.95. The first kappa shape index (κ1) is 23.6. The second-order valence-electron chi connectivity index (χ2n) is 8.79.